The summed E-state index contributed by atoms with van der Waals surface area (Å²) < 4.78 is 5.50. The van der Waals surface area contributed by atoms with E-state index in [-0.39, 0.29) is 0 Å². The zero-order valence-corrected chi connectivity index (χ0v) is 9.33. The molecule has 0 saturated heterocycles. The Morgan fingerprint density at radius 1 is 1.33 bits per heavy atom. The molecule has 0 aromatic heterocycles. The minimum absolute atomic E-state index is 0.585. The van der Waals surface area contributed by atoms with Crippen LogP contribution in [-0.2, 0) is 6.42 Å². The van der Waals surface area contributed by atoms with Gasteiger partial charge in [-0.1, -0.05) is 18.7 Å². The summed E-state index contributed by atoms with van der Waals surface area (Å²) >= 11 is 0. The third-order valence-electron chi connectivity index (χ3n) is 2.08. The van der Waals surface area contributed by atoms with Gasteiger partial charge in [-0.15, -0.1) is 0 Å². The second-order valence-electron chi connectivity index (χ2n) is 3.78. The van der Waals surface area contributed by atoms with Gasteiger partial charge in [-0.05, 0) is 49.6 Å². The maximum absolute atomic E-state index is 5.50. The normalized spacial score (nSPS) is 10.0. The number of nitrogens with two attached hydrogens (primary N) is 1. The minimum Gasteiger partial charge on any atom is -0.489 e. The smallest absolute Gasteiger partial charge is 0.119 e. The van der Waals surface area contributed by atoms with Crippen molar-refractivity contribution in [2.75, 3.05) is 13.2 Å². The molecule has 1 aromatic rings. The van der Waals surface area contributed by atoms with E-state index >= 15 is 0 Å². The highest BCUT2D eigenvalue weighted by Gasteiger charge is 1.95. The average molecular weight is 205 g/mol. The van der Waals surface area contributed by atoms with E-state index in [1.807, 2.05) is 19.1 Å². The van der Waals surface area contributed by atoms with Crippen LogP contribution in [0, 0.1) is 0 Å². The number of hydrogen-bond acceptors (Lipinski definition) is 2. The van der Waals surface area contributed by atoms with E-state index in [4.69, 9.17) is 10.5 Å². The van der Waals surface area contributed by atoms with Crippen molar-refractivity contribution in [3.05, 3.63) is 42.0 Å². The van der Waals surface area contributed by atoms with Gasteiger partial charge in [0.2, 0.25) is 0 Å². The lowest BCUT2D eigenvalue weighted by molar-refractivity contribution is 0.352. The second kappa shape index (κ2) is 6.25. The summed E-state index contributed by atoms with van der Waals surface area (Å²) in [4.78, 5) is 0. The van der Waals surface area contributed by atoms with Gasteiger partial charge in [-0.2, -0.15) is 0 Å². The molecule has 0 aliphatic rings. The largest absolute Gasteiger partial charge is 0.489 e. The maximum atomic E-state index is 5.50. The van der Waals surface area contributed by atoms with Crippen molar-refractivity contribution in [1.82, 2.24) is 0 Å². The van der Waals surface area contributed by atoms with E-state index in [0.29, 0.717) is 6.61 Å². The number of rotatable bonds is 6. The molecule has 1 rings (SSSR count). The van der Waals surface area contributed by atoms with Crippen molar-refractivity contribution in [3.8, 4) is 5.75 Å². The molecule has 82 valence electrons. The quantitative estimate of drug-likeness (QED) is 0.724. The molecule has 0 amide bonds. The summed E-state index contributed by atoms with van der Waals surface area (Å²) in [6, 6.07) is 8.16. The molecular formula is C13H19NO. The van der Waals surface area contributed by atoms with Crippen molar-refractivity contribution >= 4 is 0 Å². The predicted molar refractivity (Wildman–Crippen MR) is 64.1 cm³/mol. The van der Waals surface area contributed by atoms with Gasteiger partial charge in [0, 0.05) is 0 Å². The van der Waals surface area contributed by atoms with Crippen LogP contribution in [0.3, 0.4) is 0 Å². The van der Waals surface area contributed by atoms with E-state index in [1.54, 1.807) is 0 Å². The van der Waals surface area contributed by atoms with Crippen LogP contribution in [0.25, 0.3) is 0 Å². The molecule has 0 spiro atoms. The van der Waals surface area contributed by atoms with Crippen LogP contribution in [0.2, 0.25) is 0 Å². The fourth-order valence-electron chi connectivity index (χ4n) is 1.27. The summed E-state index contributed by atoms with van der Waals surface area (Å²) in [6.07, 6.45) is 2.07. The minimum atomic E-state index is 0.585. The fraction of sp³-hybridized carbons (Fsp3) is 0.385. The number of benzene rings is 1. The number of aryl methyl sites for hydroxylation is 1. The van der Waals surface area contributed by atoms with Crippen LogP contribution in [-0.4, -0.2) is 13.2 Å². The van der Waals surface area contributed by atoms with Gasteiger partial charge in [0.25, 0.3) is 0 Å². The first-order valence-electron chi connectivity index (χ1n) is 5.28. The molecule has 0 radical (unpaired) electrons. The number of ether oxygens (including phenoxy) is 1. The van der Waals surface area contributed by atoms with E-state index < -0.39 is 0 Å². The standard InChI is InChI=1S/C13H19NO/c1-11(2)10-15-13-7-5-12(6-8-13)4-3-9-14/h5-8H,1,3-4,9-10,14H2,2H3. The highest BCUT2D eigenvalue weighted by Crippen LogP contribution is 2.13. The zero-order valence-electron chi connectivity index (χ0n) is 9.33. The third kappa shape index (κ3) is 4.66. The lowest BCUT2D eigenvalue weighted by Crippen LogP contribution is -2.00. The SMILES string of the molecule is C=C(C)COc1ccc(CCCN)cc1. The van der Waals surface area contributed by atoms with Gasteiger partial charge < -0.3 is 10.5 Å². The Labute approximate surface area is 91.7 Å². The third-order valence-corrected chi connectivity index (χ3v) is 2.08. The molecule has 0 fully saturated rings. The molecule has 1 aromatic carbocycles. The maximum Gasteiger partial charge on any atom is 0.119 e. The molecule has 2 nitrogen and oxygen atoms in total. The Hall–Kier alpha value is -1.28. The first-order chi connectivity index (χ1) is 7.22. The van der Waals surface area contributed by atoms with Crippen LogP contribution in [0.4, 0.5) is 0 Å². The van der Waals surface area contributed by atoms with Gasteiger partial charge in [0.1, 0.15) is 12.4 Å². The van der Waals surface area contributed by atoms with Crippen LogP contribution < -0.4 is 10.5 Å². The Morgan fingerprint density at radius 3 is 2.53 bits per heavy atom. The van der Waals surface area contributed by atoms with E-state index in [1.165, 1.54) is 5.56 Å². The summed E-state index contributed by atoms with van der Waals surface area (Å²) in [5.41, 5.74) is 7.79. The predicted octanol–water partition coefficient (Wildman–Crippen LogP) is 2.53. The molecule has 2 N–H and O–H groups in total. The monoisotopic (exact) mass is 205 g/mol. The van der Waals surface area contributed by atoms with Crippen molar-refractivity contribution in [1.29, 1.82) is 0 Å². The van der Waals surface area contributed by atoms with Crippen LogP contribution in [0.15, 0.2) is 36.4 Å². The average Bonchev–Trinajstić information content (AvgIpc) is 2.25. The Kier molecular flexibility index (Phi) is 4.91. The fourth-order valence-corrected chi connectivity index (χ4v) is 1.27. The van der Waals surface area contributed by atoms with Gasteiger partial charge in [0.15, 0.2) is 0 Å². The lowest BCUT2D eigenvalue weighted by atomic mass is 10.1. The van der Waals surface area contributed by atoms with Gasteiger partial charge in [-0.25, -0.2) is 0 Å². The molecular weight excluding hydrogens is 186 g/mol. The molecule has 0 heterocycles. The molecule has 0 aliphatic carbocycles. The zero-order chi connectivity index (χ0) is 11.1. The molecule has 15 heavy (non-hydrogen) atoms. The van der Waals surface area contributed by atoms with E-state index in [2.05, 4.69) is 18.7 Å². The molecule has 2 heteroatoms. The summed E-state index contributed by atoms with van der Waals surface area (Å²) in [5.74, 6) is 0.898. The second-order valence-corrected chi connectivity index (χ2v) is 3.78. The Morgan fingerprint density at radius 2 is 2.00 bits per heavy atom. The van der Waals surface area contributed by atoms with E-state index in [9.17, 15) is 0 Å². The summed E-state index contributed by atoms with van der Waals surface area (Å²) in [5, 5.41) is 0. The van der Waals surface area contributed by atoms with Crippen molar-refractivity contribution in [2.45, 2.75) is 19.8 Å². The first-order valence-corrected chi connectivity index (χ1v) is 5.28. The Balaban J connectivity index is 2.45. The van der Waals surface area contributed by atoms with Crippen molar-refractivity contribution < 1.29 is 4.74 Å². The van der Waals surface area contributed by atoms with Crippen LogP contribution in [0.5, 0.6) is 5.75 Å². The topological polar surface area (TPSA) is 35.2 Å². The van der Waals surface area contributed by atoms with Gasteiger partial charge in [-0.3, -0.25) is 0 Å². The summed E-state index contributed by atoms with van der Waals surface area (Å²) in [7, 11) is 0. The van der Waals surface area contributed by atoms with Crippen molar-refractivity contribution in [3.63, 3.8) is 0 Å². The van der Waals surface area contributed by atoms with Crippen LogP contribution >= 0.6 is 0 Å². The molecule has 0 atom stereocenters. The van der Waals surface area contributed by atoms with Crippen molar-refractivity contribution in [2.24, 2.45) is 5.73 Å². The highest BCUT2D eigenvalue weighted by atomic mass is 16.5. The van der Waals surface area contributed by atoms with E-state index in [0.717, 1.165) is 30.7 Å². The molecule has 0 bridgehead atoms. The molecule has 0 unspecified atom stereocenters. The lowest BCUT2D eigenvalue weighted by Gasteiger charge is -2.06. The first kappa shape index (κ1) is 11.8. The van der Waals surface area contributed by atoms with Gasteiger partial charge in [0.05, 0.1) is 0 Å². The molecule has 0 saturated carbocycles. The summed E-state index contributed by atoms with van der Waals surface area (Å²) in [6.45, 7) is 7.07. The number of hydrogen-bond donors (Lipinski definition) is 1. The Bertz CT molecular complexity index is 303. The molecule has 0 aliphatic heterocycles. The highest BCUT2D eigenvalue weighted by molar-refractivity contribution is 5.27. The van der Waals surface area contributed by atoms with Crippen LogP contribution in [0.1, 0.15) is 18.9 Å². The van der Waals surface area contributed by atoms with Gasteiger partial charge >= 0.3 is 0 Å².